The molecule has 5 nitrogen and oxygen atoms in total. The summed E-state index contributed by atoms with van der Waals surface area (Å²) in [7, 11) is 0. The molecule has 1 aliphatic rings. The molecular weight excluding hydrogens is 417 g/mol. The minimum absolute atomic E-state index is 0.0226. The molecule has 1 N–H and O–H groups in total. The molecule has 0 bridgehead atoms. The average molecular weight is 434 g/mol. The highest BCUT2D eigenvalue weighted by Crippen LogP contribution is 2.29. The first-order valence-electron chi connectivity index (χ1n) is 8.95. The van der Waals surface area contributed by atoms with Crippen molar-refractivity contribution in [2.45, 2.75) is 29.7 Å². The Morgan fingerprint density at radius 1 is 1.04 bits per heavy atom. The van der Waals surface area contributed by atoms with Crippen LogP contribution < -0.4 is 10.9 Å². The molecular formula is C20H17Cl2N3O2S. The van der Waals surface area contributed by atoms with Crippen LogP contribution in [0.2, 0.25) is 10.0 Å². The summed E-state index contributed by atoms with van der Waals surface area (Å²) < 4.78 is 1.54. The largest absolute Gasteiger partial charge is 0.355 e. The molecule has 1 atom stereocenters. The maximum atomic E-state index is 13.3. The molecule has 1 aromatic heterocycles. The lowest BCUT2D eigenvalue weighted by atomic mass is 10.2. The molecule has 28 heavy (non-hydrogen) atoms. The van der Waals surface area contributed by atoms with Gasteiger partial charge >= 0.3 is 0 Å². The van der Waals surface area contributed by atoms with Gasteiger partial charge in [-0.2, -0.15) is 0 Å². The third-order valence-corrected chi connectivity index (χ3v) is 6.32. The number of hydrogen-bond acceptors (Lipinski definition) is 4. The van der Waals surface area contributed by atoms with E-state index in [-0.39, 0.29) is 16.7 Å². The Bertz CT molecular complexity index is 1100. The number of nitrogens with one attached hydrogen (secondary N) is 1. The predicted octanol–water partition coefficient (Wildman–Crippen LogP) is 4.45. The normalized spacial score (nSPS) is 17.4. The second kappa shape index (κ2) is 8.15. The maximum absolute atomic E-state index is 13.3. The summed E-state index contributed by atoms with van der Waals surface area (Å²) in [6.45, 7) is 0.681. The van der Waals surface area contributed by atoms with Crippen LogP contribution in [0.25, 0.3) is 16.6 Å². The summed E-state index contributed by atoms with van der Waals surface area (Å²) in [6, 6.07) is 12.0. The first kappa shape index (κ1) is 19.3. The first-order valence-corrected chi connectivity index (χ1v) is 10.6. The fraction of sp³-hybridized carbons (Fsp3) is 0.250. The Kier molecular flexibility index (Phi) is 5.62. The highest BCUT2D eigenvalue weighted by Gasteiger charge is 2.25. The quantitative estimate of drug-likeness (QED) is 0.619. The van der Waals surface area contributed by atoms with Crippen molar-refractivity contribution >= 4 is 51.8 Å². The fourth-order valence-electron chi connectivity index (χ4n) is 3.19. The standard InChI is InChI=1S/C20H17Cl2N3O2S/c21-12-4-7-14(8-5-12)25-19(27)15-9-6-13(22)11-16(15)24-20(25)28-17-3-1-2-10-23-18(17)26/h4-9,11,17H,1-3,10H2,(H,23,26). The number of amides is 1. The minimum Gasteiger partial charge on any atom is -0.355 e. The van der Waals surface area contributed by atoms with E-state index in [0.717, 1.165) is 19.3 Å². The van der Waals surface area contributed by atoms with E-state index in [1.54, 1.807) is 42.5 Å². The van der Waals surface area contributed by atoms with Crippen molar-refractivity contribution in [3.8, 4) is 5.69 Å². The molecule has 1 amide bonds. The van der Waals surface area contributed by atoms with Crippen molar-refractivity contribution in [1.82, 2.24) is 14.9 Å². The first-order chi connectivity index (χ1) is 13.5. The van der Waals surface area contributed by atoms with Gasteiger partial charge in [-0.1, -0.05) is 41.4 Å². The van der Waals surface area contributed by atoms with E-state index in [1.807, 2.05) is 0 Å². The zero-order valence-electron chi connectivity index (χ0n) is 14.8. The van der Waals surface area contributed by atoms with Gasteiger partial charge in [-0.25, -0.2) is 4.98 Å². The Morgan fingerprint density at radius 2 is 1.79 bits per heavy atom. The molecule has 144 valence electrons. The lowest BCUT2D eigenvalue weighted by Gasteiger charge is -2.17. The zero-order valence-corrected chi connectivity index (χ0v) is 17.2. The molecule has 1 saturated heterocycles. The SMILES string of the molecule is O=C1NCCCCC1Sc1nc2cc(Cl)ccc2c(=O)n1-c1ccc(Cl)cc1. The van der Waals surface area contributed by atoms with Gasteiger partial charge < -0.3 is 5.32 Å². The number of nitrogens with zero attached hydrogens (tertiary/aromatic N) is 2. The lowest BCUT2D eigenvalue weighted by molar-refractivity contribution is -0.120. The van der Waals surface area contributed by atoms with Crippen LogP contribution in [0.3, 0.4) is 0 Å². The molecule has 1 unspecified atom stereocenters. The molecule has 0 radical (unpaired) electrons. The van der Waals surface area contributed by atoms with Crippen molar-refractivity contribution in [1.29, 1.82) is 0 Å². The Labute approximate surface area is 176 Å². The maximum Gasteiger partial charge on any atom is 0.266 e. The number of benzene rings is 2. The number of rotatable bonds is 3. The van der Waals surface area contributed by atoms with E-state index in [0.29, 0.717) is 38.3 Å². The number of carbonyl (C=O) groups excluding carboxylic acids is 1. The van der Waals surface area contributed by atoms with Crippen LogP contribution in [-0.4, -0.2) is 27.3 Å². The number of aromatic nitrogens is 2. The molecule has 0 saturated carbocycles. The zero-order chi connectivity index (χ0) is 19.7. The van der Waals surface area contributed by atoms with Crippen molar-refractivity contribution in [3.05, 3.63) is 62.9 Å². The number of fused-ring (bicyclic) bond motifs is 1. The summed E-state index contributed by atoms with van der Waals surface area (Å²) in [5.74, 6) is -0.0226. The van der Waals surface area contributed by atoms with Crippen molar-refractivity contribution in [3.63, 3.8) is 0 Å². The summed E-state index contributed by atoms with van der Waals surface area (Å²) in [6.07, 6.45) is 2.63. The van der Waals surface area contributed by atoms with Crippen LogP contribution in [0.1, 0.15) is 19.3 Å². The summed E-state index contributed by atoms with van der Waals surface area (Å²) in [4.78, 5) is 30.4. The molecule has 2 heterocycles. The topological polar surface area (TPSA) is 64.0 Å². The molecule has 0 aliphatic carbocycles. The monoisotopic (exact) mass is 433 g/mol. The van der Waals surface area contributed by atoms with Gasteiger partial charge in [0, 0.05) is 16.6 Å². The van der Waals surface area contributed by atoms with Crippen molar-refractivity contribution in [2.24, 2.45) is 0 Å². The summed E-state index contributed by atoms with van der Waals surface area (Å²) >= 11 is 13.4. The molecule has 0 spiro atoms. The van der Waals surface area contributed by atoms with Gasteiger partial charge in [0.1, 0.15) is 0 Å². The number of thioether (sulfide) groups is 1. The highest BCUT2D eigenvalue weighted by molar-refractivity contribution is 8.00. The molecule has 8 heteroatoms. The second-order valence-corrected chi connectivity index (χ2v) is 8.61. The van der Waals surface area contributed by atoms with Crippen molar-refractivity contribution in [2.75, 3.05) is 6.54 Å². The van der Waals surface area contributed by atoms with Crippen LogP contribution >= 0.6 is 35.0 Å². The van der Waals surface area contributed by atoms with Gasteiger partial charge in [-0.3, -0.25) is 14.2 Å². The Hall–Kier alpha value is -2.02. The molecule has 4 rings (SSSR count). The summed E-state index contributed by atoms with van der Waals surface area (Å²) in [5, 5.41) is 4.64. The van der Waals surface area contributed by atoms with Crippen LogP contribution in [-0.2, 0) is 4.79 Å². The van der Waals surface area contributed by atoms with Crippen LogP contribution in [0.4, 0.5) is 0 Å². The average Bonchev–Trinajstić information content (AvgIpc) is 2.87. The van der Waals surface area contributed by atoms with Crippen LogP contribution in [0, 0.1) is 0 Å². The molecule has 2 aromatic carbocycles. The van der Waals surface area contributed by atoms with E-state index < -0.39 is 0 Å². The van der Waals surface area contributed by atoms with E-state index in [9.17, 15) is 9.59 Å². The van der Waals surface area contributed by atoms with Crippen molar-refractivity contribution < 1.29 is 4.79 Å². The lowest BCUT2D eigenvalue weighted by Crippen LogP contribution is -2.31. The Morgan fingerprint density at radius 3 is 2.57 bits per heavy atom. The van der Waals surface area contributed by atoms with Gasteiger partial charge in [0.2, 0.25) is 5.91 Å². The molecule has 1 fully saturated rings. The Balaban J connectivity index is 1.89. The smallest absolute Gasteiger partial charge is 0.266 e. The number of hydrogen-bond donors (Lipinski definition) is 1. The van der Waals surface area contributed by atoms with Crippen LogP contribution in [0.5, 0.6) is 0 Å². The van der Waals surface area contributed by atoms with Gasteiger partial charge in [-0.15, -0.1) is 0 Å². The van der Waals surface area contributed by atoms with Gasteiger partial charge in [0.05, 0.1) is 21.8 Å². The van der Waals surface area contributed by atoms with Gasteiger partial charge in [0.25, 0.3) is 5.56 Å². The number of carbonyl (C=O) groups is 1. The molecule has 1 aliphatic heterocycles. The summed E-state index contributed by atoms with van der Waals surface area (Å²) in [5.41, 5.74) is 0.954. The fourth-order valence-corrected chi connectivity index (χ4v) is 4.65. The third-order valence-electron chi connectivity index (χ3n) is 4.62. The van der Waals surface area contributed by atoms with Gasteiger partial charge in [-0.05, 0) is 55.3 Å². The van der Waals surface area contributed by atoms with E-state index in [2.05, 4.69) is 10.3 Å². The predicted molar refractivity (Wildman–Crippen MR) is 114 cm³/mol. The van der Waals surface area contributed by atoms with E-state index in [1.165, 1.54) is 16.3 Å². The second-order valence-electron chi connectivity index (χ2n) is 6.57. The minimum atomic E-state index is -0.301. The van der Waals surface area contributed by atoms with Crippen LogP contribution in [0.15, 0.2) is 52.4 Å². The number of halogens is 2. The van der Waals surface area contributed by atoms with E-state index in [4.69, 9.17) is 23.2 Å². The highest BCUT2D eigenvalue weighted by atomic mass is 35.5. The van der Waals surface area contributed by atoms with Gasteiger partial charge in [0.15, 0.2) is 5.16 Å². The molecule has 3 aromatic rings. The third kappa shape index (κ3) is 3.90. The van der Waals surface area contributed by atoms with E-state index >= 15 is 0 Å².